The van der Waals surface area contributed by atoms with Crippen LogP contribution in [0.1, 0.15) is 45.8 Å². The van der Waals surface area contributed by atoms with Gasteiger partial charge < -0.3 is 10.0 Å². The first-order valence-corrected chi connectivity index (χ1v) is 7.52. The van der Waals surface area contributed by atoms with E-state index in [4.69, 9.17) is 11.6 Å². The van der Waals surface area contributed by atoms with Gasteiger partial charge in [-0.2, -0.15) is 0 Å². The van der Waals surface area contributed by atoms with E-state index < -0.39 is 6.10 Å². The van der Waals surface area contributed by atoms with Crippen molar-refractivity contribution in [2.45, 2.75) is 46.3 Å². The Morgan fingerprint density at radius 1 is 1.32 bits per heavy atom. The molecule has 0 radical (unpaired) electrons. The quantitative estimate of drug-likeness (QED) is 0.875. The van der Waals surface area contributed by atoms with Crippen LogP contribution in [0, 0.1) is 11.8 Å². The number of rotatable bonds is 2. The molecule has 4 atom stereocenters. The normalized spacial score (nSPS) is 29.4. The Balaban J connectivity index is 2.30. The summed E-state index contributed by atoms with van der Waals surface area (Å²) in [4.78, 5) is 2.41. The van der Waals surface area contributed by atoms with Gasteiger partial charge in [0, 0.05) is 12.6 Å². The van der Waals surface area contributed by atoms with E-state index in [0.717, 1.165) is 22.8 Å². The molecule has 1 aromatic rings. The minimum Gasteiger partial charge on any atom is -0.389 e. The summed E-state index contributed by atoms with van der Waals surface area (Å²) in [6.07, 6.45) is 0.810. The predicted molar refractivity (Wildman–Crippen MR) is 81.8 cm³/mol. The molecule has 0 spiro atoms. The molecule has 1 heterocycles. The molecule has 1 aliphatic rings. The average molecular weight is 282 g/mol. The van der Waals surface area contributed by atoms with Crippen molar-refractivity contribution in [3.8, 4) is 0 Å². The number of anilines is 1. The summed E-state index contributed by atoms with van der Waals surface area (Å²) >= 11 is 6.41. The maximum absolute atomic E-state index is 9.61. The molecule has 19 heavy (non-hydrogen) atoms. The molecule has 0 aromatic heterocycles. The van der Waals surface area contributed by atoms with Gasteiger partial charge in [0.1, 0.15) is 0 Å². The van der Waals surface area contributed by atoms with Crippen LogP contribution in [0.5, 0.6) is 0 Å². The Hall–Kier alpha value is -0.730. The van der Waals surface area contributed by atoms with Gasteiger partial charge in [0.2, 0.25) is 0 Å². The highest BCUT2D eigenvalue weighted by atomic mass is 35.5. The van der Waals surface area contributed by atoms with E-state index in [1.807, 2.05) is 18.2 Å². The first kappa shape index (κ1) is 14.7. The molecule has 106 valence electrons. The van der Waals surface area contributed by atoms with Gasteiger partial charge in [-0.15, -0.1) is 0 Å². The second-order valence-corrected chi connectivity index (χ2v) is 6.51. The molecule has 0 amide bonds. The molecule has 3 unspecified atom stereocenters. The lowest BCUT2D eigenvalue weighted by atomic mass is 9.85. The molecule has 1 aliphatic heterocycles. The number of hydrogen-bond donors (Lipinski definition) is 1. The van der Waals surface area contributed by atoms with Gasteiger partial charge in [-0.3, -0.25) is 0 Å². The maximum Gasteiger partial charge on any atom is 0.0762 e. The summed E-state index contributed by atoms with van der Waals surface area (Å²) in [6.45, 7) is 9.70. The molecule has 2 rings (SSSR count). The maximum atomic E-state index is 9.61. The minimum atomic E-state index is -0.469. The summed E-state index contributed by atoms with van der Waals surface area (Å²) in [7, 11) is 0. The highest BCUT2D eigenvalue weighted by Crippen LogP contribution is 2.36. The van der Waals surface area contributed by atoms with Crippen LogP contribution in [0.4, 0.5) is 5.69 Å². The van der Waals surface area contributed by atoms with Gasteiger partial charge in [-0.25, -0.2) is 0 Å². The third kappa shape index (κ3) is 3.06. The van der Waals surface area contributed by atoms with Crippen LogP contribution in [0.3, 0.4) is 0 Å². The number of aliphatic hydroxyl groups excluding tert-OH is 1. The van der Waals surface area contributed by atoms with Crippen molar-refractivity contribution in [1.29, 1.82) is 0 Å². The molecule has 0 bridgehead atoms. The smallest absolute Gasteiger partial charge is 0.0762 e. The van der Waals surface area contributed by atoms with Crippen LogP contribution in [0.25, 0.3) is 0 Å². The fourth-order valence-corrected chi connectivity index (χ4v) is 3.35. The van der Waals surface area contributed by atoms with Crippen molar-refractivity contribution in [2.24, 2.45) is 11.8 Å². The lowest BCUT2D eigenvalue weighted by molar-refractivity contribution is 0.199. The zero-order valence-corrected chi connectivity index (χ0v) is 13.0. The molecule has 1 fully saturated rings. The number of nitrogens with zero attached hydrogens (tertiary/aromatic N) is 1. The standard InChI is InChI=1S/C16H24ClNO/c1-10-7-11(2)12(3)18(9-10)16-6-5-14(13(4)19)8-15(16)17/h5-6,8,10-13,19H,7,9H2,1-4H3/t10?,11?,12?,13-/m0/s1. The van der Waals surface area contributed by atoms with Crippen molar-refractivity contribution in [3.63, 3.8) is 0 Å². The van der Waals surface area contributed by atoms with E-state index in [2.05, 4.69) is 25.7 Å². The minimum absolute atomic E-state index is 0.469. The first-order chi connectivity index (χ1) is 8.90. The molecule has 1 saturated heterocycles. The van der Waals surface area contributed by atoms with Gasteiger partial charge in [0.25, 0.3) is 0 Å². The van der Waals surface area contributed by atoms with Crippen LogP contribution in [-0.4, -0.2) is 17.7 Å². The third-order valence-corrected chi connectivity index (χ3v) is 4.66. The summed E-state index contributed by atoms with van der Waals surface area (Å²) in [5.41, 5.74) is 1.97. The highest BCUT2D eigenvalue weighted by Gasteiger charge is 2.29. The molecule has 1 N–H and O–H groups in total. The second-order valence-electron chi connectivity index (χ2n) is 6.10. The summed E-state index contributed by atoms with van der Waals surface area (Å²) in [5.74, 6) is 1.37. The van der Waals surface area contributed by atoms with E-state index in [0.29, 0.717) is 17.9 Å². The Kier molecular flexibility index (Phi) is 4.42. The van der Waals surface area contributed by atoms with Gasteiger partial charge >= 0.3 is 0 Å². The van der Waals surface area contributed by atoms with Crippen molar-refractivity contribution in [1.82, 2.24) is 0 Å². The zero-order chi connectivity index (χ0) is 14.2. The molecule has 0 saturated carbocycles. The molecule has 3 heteroatoms. The van der Waals surface area contributed by atoms with Gasteiger partial charge in [0.15, 0.2) is 0 Å². The van der Waals surface area contributed by atoms with Crippen molar-refractivity contribution in [3.05, 3.63) is 28.8 Å². The molecular weight excluding hydrogens is 258 g/mol. The van der Waals surface area contributed by atoms with Crippen LogP contribution < -0.4 is 4.90 Å². The van der Waals surface area contributed by atoms with E-state index in [9.17, 15) is 5.11 Å². The van der Waals surface area contributed by atoms with Crippen LogP contribution in [-0.2, 0) is 0 Å². The van der Waals surface area contributed by atoms with E-state index in [1.165, 1.54) is 6.42 Å². The zero-order valence-electron chi connectivity index (χ0n) is 12.2. The van der Waals surface area contributed by atoms with E-state index >= 15 is 0 Å². The number of hydrogen-bond acceptors (Lipinski definition) is 2. The molecular formula is C16H24ClNO. The molecule has 2 nitrogen and oxygen atoms in total. The van der Waals surface area contributed by atoms with Gasteiger partial charge in [0.05, 0.1) is 16.8 Å². The van der Waals surface area contributed by atoms with E-state index in [1.54, 1.807) is 6.92 Å². The fraction of sp³-hybridized carbons (Fsp3) is 0.625. The number of aliphatic hydroxyl groups is 1. The Labute approximate surface area is 121 Å². The van der Waals surface area contributed by atoms with Gasteiger partial charge in [-0.05, 0) is 49.8 Å². The number of halogens is 1. The topological polar surface area (TPSA) is 23.5 Å². The van der Waals surface area contributed by atoms with Crippen LogP contribution in [0.15, 0.2) is 18.2 Å². The monoisotopic (exact) mass is 281 g/mol. The summed E-state index contributed by atoms with van der Waals surface area (Å²) in [5, 5.41) is 10.4. The predicted octanol–water partition coefficient (Wildman–Crippen LogP) is 4.26. The SMILES string of the molecule is CC1CC(C)C(C)N(c2ccc([C@H](C)O)cc2Cl)C1. The van der Waals surface area contributed by atoms with Crippen molar-refractivity contribution in [2.75, 3.05) is 11.4 Å². The Morgan fingerprint density at radius 3 is 2.58 bits per heavy atom. The van der Waals surface area contributed by atoms with Crippen molar-refractivity contribution >= 4 is 17.3 Å². The van der Waals surface area contributed by atoms with Crippen LogP contribution in [0.2, 0.25) is 5.02 Å². The molecule has 1 aromatic carbocycles. The first-order valence-electron chi connectivity index (χ1n) is 7.14. The Bertz CT molecular complexity index is 446. The second kappa shape index (κ2) is 5.72. The van der Waals surface area contributed by atoms with Crippen LogP contribution >= 0.6 is 11.6 Å². The summed E-state index contributed by atoms with van der Waals surface area (Å²) in [6, 6.07) is 6.41. The third-order valence-electron chi connectivity index (χ3n) is 4.36. The fourth-order valence-electron chi connectivity index (χ4n) is 3.05. The lowest BCUT2D eigenvalue weighted by Gasteiger charge is -2.43. The number of piperidine rings is 1. The number of benzene rings is 1. The summed E-state index contributed by atoms with van der Waals surface area (Å²) < 4.78 is 0. The highest BCUT2D eigenvalue weighted by molar-refractivity contribution is 6.33. The van der Waals surface area contributed by atoms with Crippen molar-refractivity contribution < 1.29 is 5.11 Å². The Morgan fingerprint density at radius 2 is 2.00 bits per heavy atom. The average Bonchev–Trinajstić information content (AvgIpc) is 2.33. The van der Waals surface area contributed by atoms with E-state index in [-0.39, 0.29) is 0 Å². The molecule has 0 aliphatic carbocycles. The lowest BCUT2D eigenvalue weighted by Crippen LogP contribution is -2.46. The largest absolute Gasteiger partial charge is 0.389 e. The van der Waals surface area contributed by atoms with Gasteiger partial charge in [-0.1, -0.05) is 31.5 Å².